The fraction of sp³-hybridized carbons (Fsp3) is 0.250. The van der Waals surface area contributed by atoms with E-state index in [1.54, 1.807) is 0 Å². The third-order valence-corrected chi connectivity index (χ3v) is 7.06. The van der Waals surface area contributed by atoms with Crippen LogP contribution in [0.5, 0.6) is 0 Å². The van der Waals surface area contributed by atoms with Crippen LogP contribution in [0.1, 0.15) is 18.9 Å². The second kappa shape index (κ2) is 8.62. The van der Waals surface area contributed by atoms with Crippen molar-refractivity contribution >= 4 is 23.8 Å². The van der Waals surface area contributed by atoms with Crippen molar-refractivity contribution in [1.29, 1.82) is 0 Å². The molecule has 0 aliphatic heterocycles. The van der Waals surface area contributed by atoms with Crippen LogP contribution in [0.3, 0.4) is 0 Å². The molecule has 3 aromatic carbocycles. The first-order chi connectivity index (χ1) is 12.6. The van der Waals surface area contributed by atoms with Crippen LogP contribution in [0, 0.1) is 0 Å². The van der Waals surface area contributed by atoms with Crippen LogP contribution in [0.25, 0.3) is 0 Å². The largest absolute Gasteiger partial charge is 0.325 e. The van der Waals surface area contributed by atoms with Gasteiger partial charge in [-0.1, -0.05) is 85.8 Å². The third-order valence-electron chi connectivity index (χ3n) is 4.64. The molecular formula is C24H29NP+. The van der Waals surface area contributed by atoms with E-state index in [4.69, 9.17) is 0 Å². The average molecular weight is 362 g/mol. The second-order valence-corrected chi connectivity index (χ2v) is 9.71. The lowest BCUT2D eigenvalue weighted by molar-refractivity contribution is -0.903. The Bertz CT molecular complexity index is 772. The van der Waals surface area contributed by atoms with E-state index in [2.05, 4.69) is 106 Å². The molecule has 1 nitrogen and oxygen atoms in total. The molecule has 0 spiro atoms. The van der Waals surface area contributed by atoms with Crippen molar-refractivity contribution in [3.8, 4) is 0 Å². The Labute approximate surface area is 159 Å². The van der Waals surface area contributed by atoms with Gasteiger partial charge in [-0.05, 0) is 36.3 Å². The predicted octanol–water partition coefficient (Wildman–Crippen LogP) is 4.43. The van der Waals surface area contributed by atoms with Gasteiger partial charge in [0.25, 0.3) is 0 Å². The Hall–Kier alpha value is -1.95. The van der Waals surface area contributed by atoms with Crippen molar-refractivity contribution in [2.45, 2.75) is 19.9 Å². The Morgan fingerprint density at radius 3 is 1.77 bits per heavy atom. The second-order valence-electron chi connectivity index (χ2n) is 7.49. The molecule has 0 aliphatic rings. The molecule has 0 amide bonds. The minimum Gasteiger partial charge on any atom is -0.325 e. The molecule has 0 atom stereocenters. The van der Waals surface area contributed by atoms with Crippen molar-refractivity contribution in [3.63, 3.8) is 0 Å². The highest BCUT2D eigenvalue weighted by atomic mass is 31.1. The van der Waals surface area contributed by atoms with Gasteiger partial charge >= 0.3 is 0 Å². The highest BCUT2D eigenvalue weighted by Crippen LogP contribution is 2.32. The summed E-state index contributed by atoms with van der Waals surface area (Å²) >= 11 is 0. The van der Waals surface area contributed by atoms with Gasteiger partial charge < -0.3 is 4.48 Å². The predicted molar refractivity (Wildman–Crippen MR) is 116 cm³/mol. The summed E-state index contributed by atoms with van der Waals surface area (Å²) in [5.74, 6) is 0. The molecule has 0 saturated heterocycles. The van der Waals surface area contributed by atoms with E-state index >= 15 is 0 Å². The summed E-state index contributed by atoms with van der Waals surface area (Å²) in [6.07, 6.45) is 1.22. The normalized spacial score (nSPS) is 11.7. The van der Waals surface area contributed by atoms with Gasteiger partial charge in [0.15, 0.2) is 0 Å². The molecule has 2 heteroatoms. The standard InChI is InChI=1S/C24H29NP/c1-4-18-25(2,3)20-21-12-11-17-24(19-21)26(22-13-7-5-8-14-22)23-15-9-6-10-16-23/h5-17,19H,4,18,20H2,1-3H3/q+1. The van der Waals surface area contributed by atoms with Crippen molar-refractivity contribution in [2.24, 2.45) is 0 Å². The molecule has 0 unspecified atom stereocenters. The molecule has 3 rings (SSSR count). The van der Waals surface area contributed by atoms with Gasteiger partial charge in [0.2, 0.25) is 0 Å². The fourth-order valence-electron chi connectivity index (χ4n) is 3.57. The zero-order valence-electron chi connectivity index (χ0n) is 16.1. The van der Waals surface area contributed by atoms with Gasteiger partial charge in [0.05, 0.1) is 20.6 Å². The summed E-state index contributed by atoms with van der Waals surface area (Å²) in [6, 6.07) is 31.1. The topological polar surface area (TPSA) is 0 Å². The summed E-state index contributed by atoms with van der Waals surface area (Å²) in [7, 11) is 4.13. The number of quaternary nitrogens is 1. The first-order valence-electron chi connectivity index (χ1n) is 9.40. The lowest BCUT2D eigenvalue weighted by atomic mass is 10.2. The van der Waals surface area contributed by atoms with E-state index in [-0.39, 0.29) is 0 Å². The van der Waals surface area contributed by atoms with E-state index in [0.717, 1.165) is 11.0 Å². The van der Waals surface area contributed by atoms with Crippen molar-refractivity contribution < 1.29 is 4.48 Å². The molecule has 134 valence electrons. The molecule has 3 aromatic rings. The van der Waals surface area contributed by atoms with Crippen molar-refractivity contribution in [2.75, 3.05) is 20.6 Å². The van der Waals surface area contributed by atoms with Gasteiger partial charge in [-0.3, -0.25) is 0 Å². The Morgan fingerprint density at radius 1 is 0.692 bits per heavy atom. The van der Waals surface area contributed by atoms with Crippen LogP contribution in [-0.4, -0.2) is 25.1 Å². The lowest BCUT2D eigenvalue weighted by Gasteiger charge is -2.30. The minimum atomic E-state index is -0.519. The smallest absolute Gasteiger partial charge is 0.104 e. The maximum atomic E-state index is 2.43. The van der Waals surface area contributed by atoms with Crippen LogP contribution in [-0.2, 0) is 6.54 Å². The van der Waals surface area contributed by atoms with Gasteiger partial charge in [-0.15, -0.1) is 0 Å². The number of rotatable bonds is 7. The molecular weight excluding hydrogens is 333 g/mol. The van der Waals surface area contributed by atoms with Gasteiger partial charge in [-0.2, -0.15) is 0 Å². The van der Waals surface area contributed by atoms with E-state index in [1.807, 2.05) is 0 Å². The Balaban J connectivity index is 1.99. The van der Waals surface area contributed by atoms with E-state index in [1.165, 1.54) is 34.4 Å². The quantitative estimate of drug-likeness (QED) is 0.431. The van der Waals surface area contributed by atoms with Gasteiger partial charge in [0.1, 0.15) is 6.54 Å². The fourth-order valence-corrected chi connectivity index (χ4v) is 5.94. The molecule has 0 bridgehead atoms. The SMILES string of the molecule is CCC[N+](C)(C)Cc1cccc(P(c2ccccc2)c2ccccc2)c1. The van der Waals surface area contributed by atoms with Gasteiger partial charge in [0, 0.05) is 5.56 Å². The number of benzene rings is 3. The summed E-state index contributed by atoms with van der Waals surface area (Å²) in [5, 5.41) is 4.26. The highest BCUT2D eigenvalue weighted by molar-refractivity contribution is 7.79. The number of hydrogen-bond donors (Lipinski definition) is 0. The highest BCUT2D eigenvalue weighted by Gasteiger charge is 2.19. The zero-order valence-corrected chi connectivity index (χ0v) is 17.0. The van der Waals surface area contributed by atoms with Crippen LogP contribution >= 0.6 is 7.92 Å². The Morgan fingerprint density at radius 2 is 1.23 bits per heavy atom. The summed E-state index contributed by atoms with van der Waals surface area (Å²) in [5.41, 5.74) is 1.43. The summed E-state index contributed by atoms with van der Waals surface area (Å²) in [4.78, 5) is 0. The average Bonchev–Trinajstić information content (AvgIpc) is 2.64. The van der Waals surface area contributed by atoms with E-state index < -0.39 is 7.92 Å². The first kappa shape index (κ1) is 18.8. The summed E-state index contributed by atoms with van der Waals surface area (Å²) in [6.45, 7) is 4.55. The Kier molecular flexibility index (Phi) is 6.25. The monoisotopic (exact) mass is 362 g/mol. The molecule has 0 heterocycles. The molecule has 0 aliphatic carbocycles. The van der Waals surface area contributed by atoms with Gasteiger partial charge in [-0.25, -0.2) is 0 Å². The van der Waals surface area contributed by atoms with Crippen LogP contribution in [0.2, 0.25) is 0 Å². The van der Waals surface area contributed by atoms with Crippen molar-refractivity contribution in [3.05, 3.63) is 90.5 Å². The number of nitrogens with zero attached hydrogens (tertiary/aromatic N) is 1. The molecule has 0 saturated carbocycles. The summed E-state index contributed by atoms with van der Waals surface area (Å²) < 4.78 is 1.04. The zero-order chi connectivity index (χ0) is 18.4. The maximum Gasteiger partial charge on any atom is 0.104 e. The lowest BCUT2D eigenvalue weighted by Crippen LogP contribution is -2.39. The molecule has 0 N–H and O–H groups in total. The molecule has 0 radical (unpaired) electrons. The van der Waals surface area contributed by atoms with E-state index in [0.29, 0.717) is 0 Å². The van der Waals surface area contributed by atoms with Crippen LogP contribution in [0.15, 0.2) is 84.9 Å². The first-order valence-corrected chi connectivity index (χ1v) is 10.7. The van der Waals surface area contributed by atoms with Crippen LogP contribution in [0.4, 0.5) is 0 Å². The van der Waals surface area contributed by atoms with Crippen molar-refractivity contribution in [1.82, 2.24) is 0 Å². The molecule has 0 aromatic heterocycles. The minimum absolute atomic E-state index is 0.519. The molecule has 26 heavy (non-hydrogen) atoms. The molecule has 0 fully saturated rings. The van der Waals surface area contributed by atoms with Crippen LogP contribution < -0.4 is 15.9 Å². The number of hydrogen-bond acceptors (Lipinski definition) is 0. The maximum absolute atomic E-state index is 2.43. The third kappa shape index (κ3) is 4.81. The van der Waals surface area contributed by atoms with E-state index in [9.17, 15) is 0 Å².